The Kier molecular flexibility index (Phi) is 22.6. The van der Waals surface area contributed by atoms with Crippen LogP contribution in [-0.4, -0.2) is 36.5 Å². The molecule has 4 N–H and O–H groups in total. The summed E-state index contributed by atoms with van der Waals surface area (Å²) in [7, 11) is 0. The summed E-state index contributed by atoms with van der Waals surface area (Å²) in [5.41, 5.74) is 11.8. The standard InChI is InChI=1S/C26H55N3O/c1-3-5-7-9-11-13-15-19-23-29(26(30)25(28)21-17-18-22-27)24-20-16-14-12-10-8-6-4-2/h25H,3-24,27-28H2,1-2H3. The van der Waals surface area contributed by atoms with Crippen molar-refractivity contribution in [3.63, 3.8) is 0 Å². The summed E-state index contributed by atoms with van der Waals surface area (Å²) < 4.78 is 0. The van der Waals surface area contributed by atoms with Gasteiger partial charge >= 0.3 is 0 Å². The molecule has 0 saturated heterocycles. The van der Waals surface area contributed by atoms with Crippen LogP contribution in [0.4, 0.5) is 0 Å². The average Bonchev–Trinajstić information content (AvgIpc) is 2.75. The number of carbonyl (C=O) groups excluding carboxylic acids is 1. The zero-order valence-electron chi connectivity index (χ0n) is 20.6. The lowest BCUT2D eigenvalue weighted by atomic mass is 10.1. The van der Waals surface area contributed by atoms with Crippen LogP contribution in [0.3, 0.4) is 0 Å². The molecule has 1 unspecified atom stereocenters. The molecule has 0 heterocycles. The van der Waals surface area contributed by atoms with Crippen molar-refractivity contribution in [1.82, 2.24) is 4.90 Å². The molecule has 0 spiro atoms. The second-order valence-corrected chi connectivity index (χ2v) is 9.17. The highest BCUT2D eigenvalue weighted by Gasteiger charge is 2.20. The maximum absolute atomic E-state index is 12.9. The van der Waals surface area contributed by atoms with Gasteiger partial charge in [0.2, 0.25) is 5.91 Å². The molecule has 0 aliphatic rings. The van der Waals surface area contributed by atoms with E-state index in [4.69, 9.17) is 11.5 Å². The van der Waals surface area contributed by atoms with E-state index >= 15 is 0 Å². The highest BCUT2D eigenvalue weighted by molar-refractivity contribution is 5.81. The average molecular weight is 426 g/mol. The Morgan fingerprint density at radius 2 is 1.03 bits per heavy atom. The summed E-state index contributed by atoms with van der Waals surface area (Å²) in [6, 6.07) is -0.348. The van der Waals surface area contributed by atoms with Crippen molar-refractivity contribution in [2.24, 2.45) is 11.5 Å². The van der Waals surface area contributed by atoms with Crippen LogP contribution >= 0.6 is 0 Å². The van der Waals surface area contributed by atoms with Gasteiger partial charge in [0.05, 0.1) is 6.04 Å². The maximum atomic E-state index is 12.9. The lowest BCUT2D eigenvalue weighted by Gasteiger charge is -2.26. The van der Waals surface area contributed by atoms with E-state index in [0.29, 0.717) is 6.54 Å². The number of unbranched alkanes of at least 4 members (excludes halogenated alkanes) is 15. The van der Waals surface area contributed by atoms with Gasteiger partial charge in [0.15, 0.2) is 0 Å². The van der Waals surface area contributed by atoms with Gasteiger partial charge < -0.3 is 16.4 Å². The lowest BCUT2D eigenvalue weighted by Crippen LogP contribution is -2.44. The fourth-order valence-corrected chi connectivity index (χ4v) is 4.07. The zero-order valence-corrected chi connectivity index (χ0v) is 20.6. The van der Waals surface area contributed by atoms with Crippen LogP contribution in [0, 0.1) is 0 Å². The Bertz CT molecular complexity index is 342. The molecule has 0 bridgehead atoms. The molecule has 0 aliphatic carbocycles. The molecule has 0 rings (SSSR count). The SMILES string of the molecule is CCCCCCCCCCN(CCCCCCCCCC)C(=O)C(N)CCCCN. The van der Waals surface area contributed by atoms with Gasteiger partial charge in [-0.05, 0) is 32.2 Å². The smallest absolute Gasteiger partial charge is 0.239 e. The second kappa shape index (κ2) is 23.1. The minimum atomic E-state index is -0.348. The lowest BCUT2D eigenvalue weighted by molar-refractivity contribution is -0.133. The molecule has 0 aromatic heterocycles. The first kappa shape index (κ1) is 29.4. The van der Waals surface area contributed by atoms with Gasteiger partial charge in [-0.3, -0.25) is 4.79 Å². The third kappa shape index (κ3) is 18.2. The Labute approximate surface area is 188 Å². The number of carbonyl (C=O) groups is 1. The van der Waals surface area contributed by atoms with Gasteiger partial charge in [-0.25, -0.2) is 0 Å². The van der Waals surface area contributed by atoms with E-state index in [2.05, 4.69) is 18.7 Å². The molecule has 0 radical (unpaired) electrons. The predicted octanol–water partition coefficient (Wildman–Crippen LogP) is 6.55. The molecule has 4 nitrogen and oxygen atoms in total. The third-order valence-electron chi connectivity index (χ3n) is 6.16. The van der Waals surface area contributed by atoms with Gasteiger partial charge in [0, 0.05) is 13.1 Å². The molecule has 0 aromatic rings. The van der Waals surface area contributed by atoms with Gasteiger partial charge in [0.1, 0.15) is 0 Å². The van der Waals surface area contributed by atoms with E-state index in [9.17, 15) is 4.79 Å². The van der Waals surface area contributed by atoms with E-state index in [1.165, 1.54) is 89.9 Å². The summed E-state index contributed by atoms with van der Waals surface area (Å²) in [6.45, 7) is 6.97. The summed E-state index contributed by atoms with van der Waals surface area (Å²) >= 11 is 0. The van der Waals surface area contributed by atoms with E-state index in [1.54, 1.807) is 0 Å². The van der Waals surface area contributed by atoms with Crippen LogP contribution in [0.5, 0.6) is 0 Å². The topological polar surface area (TPSA) is 72.3 Å². The van der Waals surface area contributed by atoms with E-state index < -0.39 is 0 Å². The van der Waals surface area contributed by atoms with Crippen LogP contribution in [0.1, 0.15) is 136 Å². The monoisotopic (exact) mass is 425 g/mol. The second-order valence-electron chi connectivity index (χ2n) is 9.17. The van der Waals surface area contributed by atoms with Crippen LogP contribution in [0.25, 0.3) is 0 Å². The normalized spacial score (nSPS) is 12.3. The van der Waals surface area contributed by atoms with Crippen LogP contribution in [-0.2, 0) is 4.79 Å². The first-order valence-electron chi connectivity index (χ1n) is 13.4. The highest BCUT2D eigenvalue weighted by Crippen LogP contribution is 2.12. The van der Waals surface area contributed by atoms with E-state index in [-0.39, 0.29) is 11.9 Å². The minimum absolute atomic E-state index is 0.165. The van der Waals surface area contributed by atoms with Crippen molar-refractivity contribution >= 4 is 5.91 Å². The van der Waals surface area contributed by atoms with E-state index in [0.717, 1.165) is 45.2 Å². The molecular formula is C26H55N3O. The van der Waals surface area contributed by atoms with Gasteiger partial charge in [-0.2, -0.15) is 0 Å². The molecule has 0 saturated carbocycles. The number of amides is 1. The fraction of sp³-hybridized carbons (Fsp3) is 0.962. The summed E-state index contributed by atoms with van der Waals surface area (Å²) in [5, 5.41) is 0. The molecule has 4 heteroatoms. The molecule has 180 valence electrons. The Morgan fingerprint density at radius 3 is 1.43 bits per heavy atom. The summed E-state index contributed by atoms with van der Waals surface area (Å²) in [5.74, 6) is 0.165. The summed E-state index contributed by atoms with van der Waals surface area (Å²) in [6.07, 6.45) is 23.5. The fourth-order valence-electron chi connectivity index (χ4n) is 4.07. The largest absolute Gasteiger partial charge is 0.341 e. The number of nitrogens with zero attached hydrogens (tertiary/aromatic N) is 1. The van der Waals surface area contributed by atoms with Crippen molar-refractivity contribution in [1.29, 1.82) is 0 Å². The van der Waals surface area contributed by atoms with Crippen molar-refractivity contribution in [3.8, 4) is 0 Å². The first-order chi connectivity index (χ1) is 14.7. The highest BCUT2D eigenvalue weighted by atomic mass is 16.2. The van der Waals surface area contributed by atoms with Crippen molar-refractivity contribution in [3.05, 3.63) is 0 Å². The van der Waals surface area contributed by atoms with Crippen LogP contribution in [0.2, 0.25) is 0 Å². The number of rotatable bonds is 23. The van der Waals surface area contributed by atoms with Gasteiger partial charge in [-0.15, -0.1) is 0 Å². The zero-order chi connectivity index (χ0) is 22.3. The number of nitrogens with two attached hydrogens (primary N) is 2. The molecular weight excluding hydrogens is 370 g/mol. The van der Waals surface area contributed by atoms with Crippen molar-refractivity contribution < 1.29 is 4.79 Å². The Balaban J connectivity index is 4.16. The molecule has 30 heavy (non-hydrogen) atoms. The van der Waals surface area contributed by atoms with Crippen LogP contribution in [0.15, 0.2) is 0 Å². The van der Waals surface area contributed by atoms with Crippen LogP contribution < -0.4 is 11.5 Å². The Morgan fingerprint density at radius 1 is 0.633 bits per heavy atom. The van der Waals surface area contributed by atoms with Crippen molar-refractivity contribution in [2.75, 3.05) is 19.6 Å². The maximum Gasteiger partial charge on any atom is 0.239 e. The molecule has 0 aromatic carbocycles. The molecule has 0 aliphatic heterocycles. The van der Waals surface area contributed by atoms with Gasteiger partial charge in [-0.1, -0.05) is 110 Å². The predicted molar refractivity (Wildman–Crippen MR) is 133 cm³/mol. The van der Waals surface area contributed by atoms with Gasteiger partial charge in [0.25, 0.3) is 0 Å². The molecule has 1 amide bonds. The number of hydrogen-bond donors (Lipinski definition) is 2. The molecule has 0 fully saturated rings. The van der Waals surface area contributed by atoms with E-state index in [1.807, 2.05) is 0 Å². The Hall–Kier alpha value is -0.610. The number of hydrogen-bond acceptors (Lipinski definition) is 3. The minimum Gasteiger partial charge on any atom is -0.341 e. The first-order valence-corrected chi connectivity index (χ1v) is 13.4. The third-order valence-corrected chi connectivity index (χ3v) is 6.16. The molecule has 1 atom stereocenters. The quantitative estimate of drug-likeness (QED) is 0.182. The van der Waals surface area contributed by atoms with Crippen molar-refractivity contribution in [2.45, 2.75) is 142 Å². The summed E-state index contributed by atoms with van der Waals surface area (Å²) in [4.78, 5) is 15.0.